The fourth-order valence-corrected chi connectivity index (χ4v) is 14.7. The summed E-state index contributed by atoms with van der Waals surface area (Å²) in [5.74, 6) is 1.31. The summed E-state index contributed by atoms with van der Waals surface area (Å²) in [6, 6.07) is 0. The lowest BCUT2D eigenvalue weighted by Crippen LogP contribution is -2.39. The summed E-state index contributed by atoms with van der Waals surface area (Å²) in [5, 5.41) is 1.28. The van der Waals surface area contributed by atoms with E-state index < -0.39 is 0 Å². The van der Waals surface area contributed by atoms with Crippen LogP contribution >= 0.6 is 58.8 Å². The Balaban J connectivity index is 1.89. The van der Waals surface area contributed by atoms with Crippen LogP contribution in [0.3, 0.4) is 0 Å². The van der Waals surface area contributed by atoms with Crippen LogP contribution in [0.4, 0.5) is 0 Å². The van der Waals surface area contributed by atoms with Crippen molar-refractivity contribution in [1.82, 2.24) is 0 Å². The standard InChI is InChI=1S/C7H12S5/c1-3-4-8-7-10-5-9-6(2,11-7)12-7/h3-5H2,1-2H3. The third-order valence-corrected chi connectivity index (χ3v) is 11.0. The number of hydrogen-bond donors (Lipinski definition) is 0. The predicted octanol–water partition coefficient (Wildman–Crippen LogP) is 4.33. The summed E-state index contributed by atoms with van der Waals surface area (Å²) in [7, 11) is 0. The van der Waals surface area contributed by atoms with E-state index in [-0.39, 0.29) is 0 Å². The average molecular weight is 257 g/mol. The molecule has 0 radical (unpaired) electrons. The minimum absolute atomic E-state index is 0.482. The van der Waals surface area contributed by atoms with Gasteiger partial charge in [-0.05, 0) is 19.1 Å². The molecule has 5 heteroatoms. The van der Waals surface area contributed by atoms with Gasteiger partial charge in [0.2, 0.25) is 0 Å². The van der Waals surface area contributed by atoms with Gasteiger partial charge in [0.25, 0.3) is 0 Å². The number of rotatable bonds is 3. The molecule has 3 aliphatic rings. The number of thioether (sulfide) groups is 5. The van der Waals surface area contributed by atoms with E-state index in [0.717, 1.165) is 0 Å². The Morgan fingerprint density at radius 2 is 2.08 bits per heavy atom. The first-order valence-electron chi connectivity index (χ1n) is 4.00. The molecule has 0 N–H and O–H groups in total. The van der Waals surface area contributed by atoms with Gasteiger partial charge in [-0.15, -0.1) is 35.3 Å². The Morgan fingerprint density at radius 3 is 2.67 bits per heavy atom. The van der Waals surface area contributed by atoms with Crippen LogP contribution in [0.5, 0.6) is 0 Å². The zero-order valence-corrected chi connectivity index (χ0v) is 11.2. The van der Waals surface area contributed by atoms with Gasteiger partial charge in [-0.3, -0.25) is 0 Å². The molecular formula is C7H12S5. The van der Waals surface area contributed by atoms with Crippen molar-refractivity contribution in [1.29, 1.82) is 0 Å². The third kappa shape index (κ3) is 1.90. The molecule has 0 atom stereocenters. The Kier molecular flexibility index (Phi) is 3.19. The van der Waals surface area contributed by atoms with Crippen LogP contribution in [0, 0.1) is 0 Å². The molecule has 3 saturated heterocycles. The predicted molar refractivity (Wildman–Crippen MR) is 69.1 cm³/mol. The first-order valence-corrected chi connectivity index (χ1v) is 8.59. The topological polar surface area (TPSA) is 0 Å². The van der Waals surface area contributed by atoms with Gasteiger partial charge in [0.05, 0.1) is 0 Å². The minimum Gasteiger partial charge on any atom is -0.123 e. The Hall–Kier alpha value is 1.75. The Labute approximate surface area is 95.5 Å². The molecule has 0 aliphatic carbocycles. The molecule has 0 amide bonds. The maximum Gasteiger partial charge on any atom is 0.158 e. The van der Waals surface area contributed by atoms with Gasteiger partial charge in [-0.2, -0.15) is 0 Å². The van der Waals surface area contributed by atoms with E-state index in [2.05, 4.69) is 72.7 Å². The van der Waals surface area contributed by atoms with E-state index in [9.17, 15) is 0 Å². The van der Waals surface area contributed by atoms with E-state index in [1.165, 1.54) is 17.3 Å². The molecule has 2 bridgehead atoms. The van der Waals surface area contributed by atoms with Gasteiger partial charge in [-0.1, -0.05) is 30.4 Å². The highest BCUT2D eigenvalue weighted by Crippen LogP contribution is 2.81. The molecule has 3 aliphatic heterocycles. The van der Waals surface area contributed by atoms with E-state index in [4.69, 9.17) is 0 Å². The molecule has 0 aromatic heterocycles. The maximum atomic E-state index is 2.36. The zero-order valence-electron chi connectivity index (χ0n) is 7.16. The summed E-state index contributed by atoms with van der Waals surface area (Å²) in [5.41, 5.74) is 0. The van der Waals surface area contributed by atoms with E-state index in [0.29, 0.717) is 6.15 Å². The SMILES string of the molecule is CCCSC12SCSC(C)(S1)S2. The fraction of sp³-hybridized carbons (Fsp3) is 1.00. The molecule has 0 aromatic rings. The van der Waals surface area contributed by atoms with Crippen molar-refractivity contribution in [3.05, 3.63) is 0 Å². The van der Waals surface area contributed by atoms with Gasteiger partial charge >= 0.3 is 0 Å². The summed E-state index contributed by atoms with van der Waals surface area (Å²) < 4.78 is 0.974. The Morgan fingerprint density at radius 1 is 1.33 bits per heavy atom. The first kappa shape index (κ1) is 10.3. The van der Waals surface area contributed by atoms with Crippen molar-refractivity contribution < 1.29 is 0 Å². The second-order valence-corrected chi connectivity index (χ2v) is 12.7. The first-order chi connectivity index (χ1) is 5.68. The van der Waals surface area contributed by atoms with Crippen LogP contribution in [0.15, 0.2) is 0 Å². The third-order valence-electron chi connectivity index (χ3n) is 1.66. The minimum atomic E-state index is 0.482. The quantitative estimate of drug-likeness (QED) is 0.735. The monoisotopic (exact) mass is 256 g/mol. The van der Waals surface area contributed by atoms with Gasteiger partial charge in [0, 0.05) is 5.08 Å². The molecule has 3 fully saturated rings. The van der Waals surface area contributed by atoms with Crippen molar-refractivity contribution in [2.45, 2.75) is 26.4 Å². The molecule has 12 heavy (non-hydrogen) atoms. The lowest BCUT2D eigenvalue weighted by molar-refractivity contribution is 1.10. The zero-order chi connectivity index (χ0) is 8.66. The van der Waals surface area contributed by atoms with Crippen molar-refractivity contribution in [3.8, 4) is 0 Å². The molecule has 0 aromatic carbocycles. The maximum absolute atomic E-state index is 2.36. The second kappa shape index (κ2) is 3.72. The molecule has 0 saturated carbocycles. The van der Waals surface area contributed by atoms with Crippen LogP contribution in [0.1, 0.15) is 20.3 Å². The highest BCUT2D eigenvalue weighted by molar-refractivity contribution is 8.65. The van der Waals surface area contributed by atoms with Crippen molar-refractivity contribution in [2.75, 3.05) is 10.8 Å². The Bertz CT molecular complexity index is 175. The fourth-order valence-electron chi connectivity index (χ4n) is 1.12. The van der Waals surface area contributed by atoms with Crippen molar-refractivity contribution >= 4 is 58.8 Å². The summed E-state index contributed by atoms with van der Waals surface area (Å²) >= 11 is 10.7. The molecular weight excluding hydrogens is 244 g/mol. The summed E-state index contributed by atoms with van der Waals surface area (Å²) in [6.07, 6.45) is 1.30. The van der Waals surface area contributed by atoms with Crippen LogP contribution in [-0.2, 0) is 0 Å². The van der Waals surface area contributed by atoms with E-state index in [1.807, 2.05) is 0 Å². The van der Waals surface area contributed by atoms with Crippen LogP contribution in [0.2, 0.25) is 0 Å². The van der Waals surface area contributed by atoms with Crippen LogP contribution in [0.25, 0.3) is 0 Å². The van der Waals surface area contributed by atoms with Gasteiger partial charge < -0.3 is 0 Å². The highest BCUT2D eigenvalue weighted by atomic mass is 32.4. The summed E-state index contributed by atoms with van der Waals surface area (Å²) in [4.78, 5) is 0. The van der Waals surface area contributed by atoms with Gasteiger partial charge in [0.15, 0.2) is 2.74 Å². The van der Waals surface area contributed by atoms with Crippen molar-refractivity contribution in [3.63, 3.8) is 0 Å². The van der Waals surface area contributed by atoms with Crippen molar-refractivity contribution in [2.24, 2.45) is 0 Å². The molecule has 3 rings (SSSR count). The summed E-state index contributed by atoms with van der Waals surface area (Å²) in [6.45, 7) is 4.62. The molecule has 0 nitrogen and oxygen atoms in total. The number of fused-ring (bicyclic) bond motifs is 2. The molecule has 0 spiro atoms. The average Bonchev–Trinajstić information content (AvgIpc) is 1.99. The van der Waals surface area contributed by atoms with Crippen LogP contribution < -0.4 is 0 Å². The largest absolute Gasteiger partial charge is 0.158 e. The molecule has 0 unspecified atom stereocenters. The number of hydrogen-bond acceptors (Lipinski definition) is 5. The molecule has 70 valence electrons. The lowest BCUT2D eigenvalue weighted by Gasteiger charge is -2.55. The van der Waals surface area contributed by atoms with E-state index >= 15 is 0 Å². The molecule has 3 heterocycles. The lowest BCUT2D eigenvalue weighted by atomic mass is 10.6. The van der Waals surface area contributed by atoms with Gasteiger partial charge in [-0.25, -0.2) is 0 Å². The second-order valence-electron chi connectivity index (χ2n) is 2.82. The normalized spacial score (nSPS) is 45.5. The highest BCUT2D eigenvalue weighted by Gasteiger charge is 2.58. The van der Waals surface area contributed by atoms with Crippen LogP contribution in [-0.4, -0.2) is 17.0 Å². The van der Waals surface area contributed by atoms with Gasteiger partial charge in [0.1, 0.15) is 3.41 Å². The smallest absolute Gasteiger partial charge is 0.123 e. The van der Waals surface area contributed by atoms with E-state index in [1.54, 1.807) is 0 Å².